The minimum Gasteiger partial charge on any atom is -0.384 e. The summed E-state index contributed by atoms with van der Waals surface area (Å²) in [6.45, 7) is 0.439. The molecule has 0 aromatic carbocycles. The van der Waals surface area contributed by atoms with Gasteiger partial charge in [0.05, 0.1) is 18.1 Å². The van der Waals surface area contributed by atoms with E-state index >= 15 is 0 Å². The first-order chi connectivity index (χ1) is 4.62. The van der Waals surface area contributed by atoms with E-state index in [1.807, 2.05) is 0 Å². The van der Waals surface area contributed by atoms with E-state index in [0.29, 0.717) is 0 Å². The number of ether oxygens (including phenoxy) is 1. The van der Waals surface area contributed by atoms with Crippen LogP contribution in [0.15, 0.2) is 0 Å². The molecule has 0 unspecified atom stereocenters. The molecule has 11 heavy (non-hydrogen) atoms. The van der Waals surface area contributed by atoms with Crippen LogP contribution in [0.1, 0.15) is 0 Å². The molecule has 0 aromatic rings. The maximum absolute atomic E-state index is 10.8. The first-order valence-corrected chi connectivity index (χ1v) is 4.84. The zero-order valence-corrected chi connectivity index (χ0v) is 8.08. The average Bonchev–Trinajstić information content (AvgIpc) is 1.84. The summed E-state index contributed by atoms with van der Waals surface area (Å²) >= 11 is 0. The summed E-state index contributed by atoms with van der Waals surface area (Å²) in [6.07, 6.45) is 0. The monoisotopic (exact) mass is 203 g/mol. The van der Waals surface area contributed by atoms with Crippen molar-refractivity contribution < 1.29 is 13.2 Å². The summed E-state index contributed by atoms with van der Waals surface area (Å²) in [6, 6.07) is 0. The van der Waals surface area contributed by atoms with Gasteiger partial charge in [0.1, 0.15) is 0 Å². The zero-order chi connectivity index (χ0) is 8.04. The molecule has 2 N–H and O–H groups in total. The Kier molecular flexibility index (Phi) is 8.54. The number of halogens is 1. The van der Waals surface area contributed by atoms with Crippen molar-refractivity contribution >= 4 is 22.2 Å². The number of hydrogen-bond acceptors (Lipinski definition) is 4. The number of sulfone groups is 1. The van der Waals surface area contributed by atoms with Crippen molar-refractivity contribution in [3.63, 3.8) is 0 Å². The molecule has 4 nitrogen and oxygen atoms in total. The maximum Gasteiger partial charge on any atom is 0.153 e. The predicted molar refractivity (Wildman–Crippen MR) is 46.8 cm³/mol. The Balaban J connectivity index is 0. The highest BCUT2D eigenvalue weighted by Gasteiger charge is 2.07. The van der Waals surface area contributed by atoms with Crippen molar-refractivity contribution in [1.29, 1.82) is 0 Å². The summed E-state index contributed by atoms with van der Waals surface area (Å²) in [7, 11) is -1.47. The maximum atomic E-state index is 10.8. The van der Waals surface area contributed by atoms with E-state index in [1.54, 1.807) is 0 Å². The van der Waals surface area contributed by atoms with Gasteiger partial charge in [0.2, 0.25) is 0 Å². The fraction of sp³-hybridized carbons (Fsp3) is 1.00. The smallest absolute Gasteiger partial charge is 0.153 e. The van der Waals surface area contributed by atoms with Gasteiger partial charge < -0.3 is 10.5 Å². The molecule has 0 aliphatic heterocycles. The zero-order valence-electron chi connectivity index (χ0n) is 6.45. The number of rotatable bonds is 5. The van der Waals surface area contributed by atoms with Gasteiger partial charge in [-0.25, -0.2) is 8.42 Å². The van der Waals surface area contributed by atoms with Crippen molar-refractivity contribution in [2.45, 2.75) is 0 Å². The molecule has 0 amide bonds. The van der Waals surface area contributed by atoms with Crippen LogP contribution in [0, 0.1) is 0 Å². The molecule has 6 heteroatoms. The Morgan fingerprint density at radius 1 is 1.36 bits per heavy atom. The third-order valence-corrected chi connectivity index (χ3v) is 2.67. The SMILES string of the molecule is COCCS(=O)(=O)CCN.Cl. The summed E-state index contributed by atoms with van der Waals surface area (Å²) in [5, 5.41) is 0. The average molecular weight is 204 g/mol. The van der Waals surface area contributed by atoms with Crippen molar-refractivity contribution in [1.82, 2.24) is 0 Å². The van der Waals surface area contributed by atoms with Gasteiger partial charge in [-0.1, -0.05) is 0 Å². The van der Waals surface area contributed by atoms with E-state index in [1.165, 1.54) is 7.11 Å². The lowest BCUT2D eigenvalue weighted by Crippen LogP contribution is -2.20. The van der Waals surface area contributed by atoms with E-state index in [-0.39, 0.29) is 37.1 Å². The lowest BCUT2D eigenvalue weighted by Gasteiger charge is -1.99. The van der Waals surface area contributed by atoms with Crippen LogP contribution in [-0.4, -0.2) is 40.2 Å². The van der Waals surface area contributed by atoms with E-state index in [9.17, 15) is 8.42 Å². The minimum atomic E-state index is -2.94. The van der Waals surface area contributed by atoms with E-state index in [0.717, 1.165) is 0 Å². The number of hydrogen-bond donors (Lipinski definition) is 1. The summed E-state index contributed by atoms with van der Waals surface area (Å²) < 4.78 is 26.3. The van der Waals surface area contributed by atoms with Gasteiger partial charge in [0.25, 0.3) is 0 Å². The molecule has 70 valence electrons. The quantitative estimate of drug-likeness (QED) is 0.650. The molecule has 0 fully saturated rings. The molecule has 0 bridgehead atoms. The Bertz CT molecular complexity index is 169. The molecule has 0 saturated heterocycles. The molecule has 0 spiro atoms. The topological polar surface area (TPSA) is 69.4 Å². The molecule has 0 aliphatic rings. The van der Waals surface area contributed by atoms with Gasteiger partial charge in [-0.15, -0.1) is 12.4 Å². The highest BCUT2D eigenvalue weighted by atomic mass is 35.5. The summed E-state index contributed by atoms with van der Waals surface area (Å²) in [5.74, 6) is 0.122. The fourth-order valence-electron chi connectivity index (χ4n) is 0.492. The summed E-state index contributed by atoms with van der Waals surface area (Å²) in [4.78, 5) is 0. The van der Waals surface area contributed by atoms with Crippen LogP contribution in [0.4, 0.5) is 0 Å². The van der Waals surface area contributed by atoms with Gasteiger partial charge >= 0.3 is 0 Å². The largest absolute Gasteiger partial charge is 0.384 e. The van der Waals surface area contributed by atoms with Crippen LogP contribution in [0.2, 0.25) is 0 Å². The molecule has 0 rings (SSSR count). The third kappa shape index (κ3) is 8.06. The van der Waals surface area contributed by atoms with Crippen molar-refractivity contribution in [3.8, 4) is 0 Å². The lowest BCUT2D eigenvalue weighted by atomic mass is 10.8. The van der Waals surface area contributed by atoms with Crippen LogP contribution in [0.5, 0.6) is 0 Å². The van der Waals surface area contributed by atoms with E-state index < -0.39 is 9.84 Å². The van der Waals surface area contributed by atoms with Crippen molar-refractivity contribution in [2.75, 3.05) is 31.8 Å². The second-order valence-electron chi connectivity index (χ2n) is 1.93. The van der Waals surface area contributed by atoms with Gasteiger partial charge in [-0.05, 0) is 0 Å². The molecule has 0 aromatic heterocycles. The highest BCUT2D eigenvalue weighted by molar-refractivity contribution is 7.91. The van der Waals surface area contributed by atoms with Gasteiger partial charge in [-0.3, -0.25) is 0 Å². The van der Waals surface area contributed by atoms with Crippen LogP contribution >= 0.6 is 12.4 Å². The fourth-order valence-corrected chi connectivity index (χ4v) is 1.48. The molecule has 0 heterocycles. The standard InChI is InChI=1S/C5H13NO3S.ClH/c1-9-3-5-10(7,8)4-2-6;/h2-6H2,1H3;1H. The molecule has 0 radical (unpaired) electrons. The molecule has 0 atom stereocenters. The molecular weight excluding hydrogens is 190 g/mol. The highest BCUT2D eigenvalue weighted by Crippen LogP contribution is 1.87. The van der Waals surface area contributed by atoms with Crippen molar-refractivity contribution in [2.24, 2.45) is 5.73 Å². The second kappa shape index (κ2) is 6.84. The Morgan fingerprint density at radius 2 is 1.91 bits per heavy atom. The Morgan fingerprint density at radius 3 is 2.27 bits per heavy atom. The lowest BCUT2D eigenvalue weighted by molar-refractivity contribution is 0.217. The van der Waals surface area contributed by atoms with Crippen LogP contribution in [0.25, 0.3) is 0 Å². The van der Waals surface area contributed by atoms with Crippen LogP contribution in [0.3, 0.4) is 0 Å². The predicted octanol–water partition coefficient (Wildman–Crippen LogP) is -0.572. The minimum absolute atomic E-state index is 0. The van der Waals surface area contributed by atoms with Gasteiger partial charge in [-0.2, -0.15) is 0 Å². The molecule has 0 saturated carbocycles. The van der Waals surface area contributed by atoms with Crippen molar-refractivity contribution in [3.05, 3.63) is 0 Å². The first kappa shape index (κ1) is 13.7. The normalized spacial score (nSPS) is 10.7. The first-order valence-electron chi connectivity index (χ1n) is 3.02. The van der Waals surface area contributed by atoms with E-state index in [2.05, 4.69) is 4.74 Å². The molecular formula is C5H14ClNO3S. The van der Waals surface area contributed by atoms with Crippen LogP contribution in [-0.2, 0) is 14.6 Å². The Hall–Kier alpha value is 0.160. The number of nitrogens with two attached hydrogens (primary N) is 1. The van der Waals surface area contributed by atoms with E-state index in [4.69, 9.17) is 5.73 Å². The van der Waals surface area contributed by atoms with Crippen LogP contribution < -0.4 is 5.73 Å². The molecule has 0 aliphatic carbocycles. The second-order valence-corrected chi connectivity index (χ2v) is 4.24. The summed E-state index contributed by atoms with van der Waals surface area (Å²) in [5.41, 5.74) is 5.07. The Labute approximate surface area is 73.4 Å². The third-order valence-electron chi connectivity index (χ3n) is 1.03. The van der Waals surface area contributed by atoms with Gasteiger partial charge in [0, 0.05) is 13.7 Å². The number of methoxy groups -OCH3 is 1. The van der Waals surface area contributed by atoms with Gasteiger partial charge in [0.15, 0.2) is 9.84 Å².